The highest BCUT2D eigenvalue weighted by Crippen LogP contribution is 2.29. The van der Waals surface area contributed by atoms with Crippen LogP contribution in [-0.2, 0) is 0 Å². The van der Waals surface area contributed by atoms with Crippen molar-refractivity contribution in [1.82, 2.24) is 5.32 Å². The van der Waals surface area contributed by atoms with Crippen molar-refractivity contribution in [1.29, 1.82) is 0 Å². The van der Waals surface area contributed by atoms with Crippen LogP contribution < -0.4 is 11.1 Å². The van der Waals surface area contributed by atoms with E-state index in [2.05, 4.69) is 17.2 Å². The Hall–Kier alpha value is -0.0400. The number of aliphatic imine (C=N–C) groups is 1. The van der Waals surface area contributed by atoms with Crippen molar-refractivity contribution in [3.8, 4) is 0 Å². The molecule has 5 heteroatoms. The summed E-state index contributed by atoms with van der Waals surface area (Å²) < 4.78 is 0. The van der Waals surface area contributed by atoms with Gasteiger partial charge in [-0.15, -0.1) is 24.0 Å². The smallest absolute Gasteiger partial charge is 0.188 e. The first kappa shape index (κ1) is 16.0. The molecule has 0 aromatic rings. The van der Waals surface area contributed by atoms with Crippen molar-refractivity contribution < 1.29 is 5.11 Å². The van der Waals surface area contributed by atoms with Crippen LogP contribution in [0.15, 0.2) is 4.99 Å². The van der Waals surface area contributed by atoms with E-state index < -0.39 is 5.60 Å². The Bertz CT molecular complexity index is 215. The predicted octanol–water partition coefficient (Wildman–Crippen LogP) is 1.61. The Morgan fingerprint density at radius 2 is 2.06 bits per heavy atom. The van der Waals surface area contributed by atoms with Gasteiger partial charge in [0.15, 0.2) is 5.96 Å². The molecule has 0 amide bonds. The Morgan fingerprint density at radius 3 is 2.62 bits per heavy atom. The minimum absolute atomic E-state index is 0. The van der Waals surface area contributed by atoms with E-state index in [0.29, 0.717) is 12.5 Å². The lowest BCUT2D eigenvalue weighted by molar-refractivity contribution is 0.0575. The lowest BCUT2D eigenvalue weighted by Crippen LogP contribution is -2.35. The van der Waals surface area contributed by atoms with Crippen molar-refractivity contribution in [2.75, 3.05) is 13.1 Å². The summed E-state index contributed by atoms with van der Waals surface area (Å²) in [5, 5.41) is 13.1. The van der Waals surface area contributed by atoms with Crippen molar-refractivity contribution in [2.45, 2.75) is 51.0 Å². The van der Waals surface area contributed by atoms with Crippen LogP contribution in [0.25, 0.3) is 0 Å². The highest BCUT2D eigenvalue weighted by Gasteiger charge is 2.30. The van der Waals surface area contributed by atoms with E-state index in [1.807, 2.05) is 0 Å². The molecule has 0 radical (unpaired) electrons. The molecule has 4 nitrogen and oxygen atoms in total. The number of hydrogen-bond acceptors (Lipinski definition) is 2. The number of aliphatic hydroxyl groups is 1. The Kier molecular flexibility index (Phi) is 8.09. The van der Waals surface area contributed by atoms with E-state index in [1.165, 1.54) is 0 Å². The number of guanidine groups is 1. The van der Waals surface area contributed by atoms with Crippen LogP contribution in [0.4, 0.5) is 0 Å². The average molecular weight is 341 g/mol. The molecule has 16 heavy (non-hydrogen) atoms. The van der Waals surface area contributed by atoms with Gasteiger partial charge >= 0.3 is 0 Å². The molecule has 0 bridgehead atoms. The molecule has 0 atom stereocenters. The van der Waals surface area contributed by atoms with Gasteiger partial charge in [0.25, 0.3) is 0 Å². The maximum absolute atomic E-state index is 10.0. The van der Waals surface area contributed by atoms with Crippen molar-refractivity contribution in [2.24, 2.45) is 10.7 Å². The van der Waals surface area contributed by atoms with Gasteiger partial charge in [0, 0.05) is 6.54 Å². The monoisotopic (exact) mass is 341 g/mol. The van der Waals surface area contributed by atoms with Gasteiger partial charge < -0.3 is 16.2 Å². The molecular weight excluding hydrogens is 317 g/mol. The molecule has 1 rings (SSSR count). The molecule has 4 N–H and O–H groups in total. The van der Waals surface area contributed by atoms with Gasteiger partial charge in [-0.3, -0.25) is 4.99 Å². The second-order valence-corrected chi connectivity index (χ2v) is 4.41. The average Bonchev–Trinajstić information content (AvgIpc) is 2.64. The number of halogens is 1. The first-order valence-corrected chi connectivity index (χ1v) is 5.92. The fraction of sp³-hybridized carbons (Fsp3) is 0.909. The number of rotatable bonds is 5. The van der Waals surface area contributed by atoms with Crippen LogP contribution in [0.2, 0.25) is 0 Å². The Morgan fingerprint density at radius 1 is 1.44 bits per heavy atom. The molecule has 0 saturated heterocycles. The third-order valence-corrected chi connectivity index (χ3v) is 2.91. The van der Waals surface area contributed by atoms with Crippen molar-refractivity contribution in [3.05, 3.63) is 0 Å². The summed E-state index contributed by atoms with van der Waals surface area (Å²) in [6.45, 7) is 3.44. The Labute approximate surface area is 115 Å². The van der Waals surface area contributed by atoms with Crippen LogP contribution in [0.5, 0.6) is 0 Å². The minimum atomic E-state index is -0.586. The minimum Gasteiger partial charge on any atom is -0.388 e. The van der Waals surface area contributed by atoms with Gasteiger partial charge in [-0.1, -0.05) is 26.2 Å². The zero-order valence-electron chi connectivity index (χ0n) is 10.0. The van der Waals surface area contributed by atoms with Gasteiger partial charge in [0.1, 0.15) is 0 Å². The second-order valence-electron chi connectivity index (χ2n) is 4.41. The lowest BCUT2D eigenvalue weighted by atomic mass is 10.0. The molecule has 0 aromatic heterocycles. The van der Waals surface area contributed by atoms with E-state index in [0.717, 1.165) is 45.1 Å². The number of nitrogens with two attached hydrogens (primary N) is 1. The molecule has 96 valence electrons. The largest absolute Gasteiger partial charge is 0.388 e. The van der Waals surface area contributed by atoms with Crippen LogP contribution in [0, 0.1) is 0 Å². The topological polar surface area (TPSA) is 70.6 Å². The summed E-state index contributed by atoms with van der Waals surface area (Å²) in [7, 11) is 0. The molecule has 0 spiro atoms. The third-order valence-electron chi connectivity index (χ3n) is 2.91. The van der Waals surface area contributed by atoms with Crippen molar-refractivity contribution in [3.63, 3.8) is 0 Å². The summed E-state index contributed by atoms with van der Waals surface area (Å²) in [5.74, 6) is 0.462. The normalized spacial score (nSPS) is 19.2. The lowest BCUT2D eigenvalue weighted by Gasteiger charge is -2.19. The maximum atomic E-state index is 10.0. The highest BCUT2D eigenvalue weighted by molar-refractivity contribution is 14.0. The zero-order valence-corrected chi connectivity index (χ0v) is 12.4. The highest BCUT2D eigenvalue weighted by atomic mass is 127. The van der Waals surface area contributed by atoms with Gasteiger partial charge in [-0.25, -0.2) is 0 Å². The molecule has 1 aliphatic carbocycles. The van der Waals surface area contributed by atoms with E-state index >= 15 is 0 Å². The summed E-state index contributed by atoms with van der Waals surface area (Å²) >= 11 is 0. The predicted molar refractivity (Wildman–Crippen MR) is 78.2 cm³/mol. The standard InChI is InChI=1S/C11H23N3O.HI/c1-2-3-8-13-10(12)14-9-11(15)6-4-5-7-11;/h15H,2-9H2,1H3,(H3,12,13,14);1H. The summed E-state index contributed by atoms with van der Waals surface area (Å²) in [6.07, 6.45) is 6.17. The van der Waals surface area contributed by atoms with Crippen LogP contribution in [0.1, 0.15) is 45.4 Å². The van der Waals surface area contributed by atoms with E-state index in [4.69, 9.17) is 5.73 Å². The summed E-state index contributed by atoms with van der Waals surface area (Å²) in [5.41, 5.74) is 5.09. The van der Waals surface area contributed by atoms with Crippen LogP contribution >= 0.6 is 24.0 Å². The van der Waals surface area contributed by atoms with Crippen LogP contribution in [-0.4, -0.2) is 29.8 Å². The molecule has 0 heterocycles. The SMILES string of the molecule is CCCCNC(N)=NCC1(O)CCCC1.I. The fourth-order valence-corrected chi connectivity index (χ4v) is 1.87. The van der Waals surface area contributed by atoms with E-state index in [1.54, 1.807) is 0 Å². The van der Waals surface area contributed by atoms with Gasteiger partial charge in [0.05, 0.1) is 12.1 Å². The molecule has 1 aliphatic rings. The number of unbranched alkanes of at least 4 members (excludes halogenated alkanes) is 1. The molecule has 0 aliphatic heterocycles. The molecule has 0 aromatic carbocycles. The number of nitrogens with zero attached hydrogens (tertiary/aromatic N) is 1. The fourth-order valence-electron chi connectivity index (χ4n) is 1.87. The number of hydrogen-bond donors (Lipinski definition) is 3. The molecule has 0 unspecified atom stereocenters. The van der Waals surface area contributed by atoms with E-state index in [-0.39, 0.29) is 24.0 Å². The van der Waals surface area contributed by atoms with Gasteiger partial charge in [-0.05, 0) is 19.3 Å². The zero-order chi connectivity index (χ0) is 11.1. The van der Waals surface area contributed by atoms with Gasteiger partial charge in [-0.2, -0.15) is 0 Å². The molecule has 1 fully saturated rings. The molecular formula is C11H24IN3O. The number of nitrogens with one attached hydrogen (secondary N) is 1. The maximum Gasteiger partial charge on any atom is 0.188 e. The van der Waals surface area contributed by atoms with Crippen LogP contribution in [0.3, 0.4) is 0 Å². The van der Waals surface area contributed by atoms with Gasteiger partial charge in [0.2, 0.25) is 0 Å². The van der Waals surface area contributed by atoms with E-state index in [9.17, 15) is 5.11 Å². The first-order valence-electron chi connectivity index (χ1n) is 5.92. The second kappa shape index (κ2) is 8.11. The first-order chi connectivity index (χ1) is 7.16. The quantitative estimate of drug-likeness (QED) is 0.308. The summed E-state index contributed by atoms with van der Waals surface area (Å²) in [6, 6.07) is 0. The van der Waals surface area contributed by atoms with Crippen molar-refractivity contribution >= 4 is 29.9 Å². The third kappa shape index (κ3) is 5.89. The summed E-state index contributed by atoms with van der Waals surface area (Å²) in [4.78, 5) is 4.18. The molecule has 1 saturated carbocycles. The Balaban J connectivity index is 0.00000225.